The molecule has 0 aliphatic heterocycles. The molecule has 0 aliphatic carbocycles. The fraction of sp³-hybridized carbons (Fsp3) is 0.286. The average molecular weight is 355 g/mol. The van der Waals surface area contributed by atoms with Crippen LogP contribution in [0.5, 0.6) is 0 Å². The number of nitrogens with zero attached hydrogens (tertiary/aromatic N) is 1. The first kappa shape index (κ1) is 15.2. The number of benzene rings is 1. The summed E-state index contributed by atoms with van der Waals surface area (Å²) < 4.78 is 0.766. The molecule has 1 aromatic heterocycles. The molecule has 2 aromatic rings. The molecule has 0 fully saturated rings. The van der Waals surface area contributed by atoms with Crippen molar-refractivity contribution < 1.29 is 4.92 Å². The van der Waals surface area contributed by atoms with Crippen molar-refractivity contribution >= 4 is 33.0 Å². The largest absolute Gasteiger partial charge is 0.310 e. The average Bonchev–Trinajstić information content (AvgIpc) is 2.90. The summed E-state index contributed by atoms with van der Waals surface area (Å²) in [4.78, 5) is 10.3. The first-order valence-corrected chi connectivity index (χ1v) is 7.97. The Kier molecular flexibility index (Phi) is 5.28. The van der Waals surface area contributed by atoms with Crippen LogP contribution in [0.15, 0.2) is 39.5 Å². The highest BCUT2D eigenvalue weighted by molar-refractivity contribution is 9.10. The number of nitrogens with one attached hydrogen (secondary N) is 1. The van der Waals surface area contributed by atoms with Crippen LogP contribution in [0.1, 0.15) is 18.1 Å². The van der Waals surface area contributed by atoms with Gasteiger partial charge in [-0.05, 0) is 47.4 Å². The number of thiophene rings is 1. The van der Waals surface area contributed by atoms with Crippen molar-refractivity contribution in [2.24, 2.45) is 0 Å². The molecular weight excluding hydrogens is 340 g/mol. The van der Waals surface area contributed by atoms with Gasteiger partial charge in [-0.1, -0.05) is 15.9 Å². The molecule has 1 atom stereocenters. The first-order valence-electron chi connectivity index (χ1n) is 6.23. The van der Waals surface area contributed by atoms with Gasteiger partial charge >= 0.3 is 0 Å². The predicted octanol–water partition coefficient (Wildman–Crippen LogP) is 4.14. The number of nitro benzene ring substituents is 1. The molecule has 20 heavy (non-hydrogen) atoms. The highest BCUT2D eigenvalue weighted by Gasteiger charge is 2.10. The zero-order valence-electron chi connectivity index (χ0n) is 11.0. The Morgan fingerprint density at radius 3 is 2.85 bits per heavy atom. The third-order valence-corrected chi connectivity index (χ3v) is 4.48. The molecule has 0 bridgehead atoms. The standard InChI is InChI=1S/C14H15BrN2O2S/c1-10(6-11-4-5-20-9-11)16-8-12-2-3-13(17(18)19)7-14(12)15/h2-5,7,9-10,16H,6,8H2,1H3. The Bertz CT molecular complexity index is 587. The lowest BCUT2D eigenvalue weighted by Gasteiger charge is -2.13. The van der Waals surface area contributed by atoms with Gasteiger partial charge in [0.15, 0.2) is 0 Å². The molecule has 1 heterocycles. The van der Waals surface area contributed by atoms with E-state index in [2.05, 4.69) is 45.0 Å². The van der Waals surface area contributed by atoms with E-state index in [1.54, 1.807) is 23.5 Å². The molecule has 1 aromatic carbocycles. The van der Waals surface area contributed by atoms with Crippen LogP contribution < -0.4 is 5.32 Å². The van der Waals surface area contributed by atoms with Gasteiger partial charge in [-0.15, -0.1) is 0 Å². The molecular formula is C14H15BrN2O2S. The summed E-state index contributed by atoms with van der Waals surface area (Å²) in [6.45, 7) is 2.82. The summed E-state index contributed by atoms with van der Waals surface area (Å²) >= 11 is 5.09. The summed E-state index contributed by atoms with van der Waals surface area (Å²) in [5.41, 5.74) is 2.46. The lowest BCUT2D eigenvalue weighted by atomic mass is 10.1. The summed E-state index contributed by atoms with van der Waals surface area (Å²) in [5.74, 6) is 0. The molecule has 0 spiro atoms. The minimum Gasteiger partial charge on any atom is -0.310 e. The second-order valence-corrected chi connectivity index (χ2v) is 6.28. The van der Waals surface area contributed by atoms with Crippen LogP contribution in [-0.2, 0) is 13.0 Å². The highest BCUT2D eigenvalue weighted by Crippen LogP contribution is 2.23. The normalized spacial score (nSPS) is 12.3. The van der Waals surface area contributed by atoms with Gasteiger partial charge in [-0.3, -0.25) is 10.1 Å². The van der Waals surface area contributed by atoms with E-state index in [1.807, 2.05) is 0 Å². The Morgan fingerprint density at radius 1 is 1.45 bits per heavy atom. The molecule has 1 N–H and O–H groups in total. The van der Waals surface area contributed by atoms with E-state index < -0.39 is 0 Å². The number of halogens is 1. The van der Waals surface area contributed by atoms with Crippen LogP contribution in [0.4, 0.5) is 5.69 Å². The Morgan fingerprint density at radius 2 is 2.25 bits per heavy atom. The maximum Gasteiger partial charge on any atom is 0.270 e. The first-order chi connectivity index (χ1) is 9.56. The van der Waals surface area contributed by atoms with Crippen molar-refractivity contribution in [1.82, 2.24) is 5.32 Å². The van der Waals surface area contributed by atoms with Crippen LogP contribution in [0.2, 0.25) is 0 Å². The highest BCUT2D eigenvalue weighted by atomic mass is 79.9. The lowest BCUT2D eigenvalue weighted by molar-refractivity contribution is -0.384. The van der Waals surface area contributed by atoms with E-state index in [0.29, 0.717) is 12.6 Å². The monoisotopic (exact) mass is 354 g/mol. The smallest absolute Gasteiger partial charge is 0.270 e. The minimum atomic E-state index is -0.388. The predicted molar refractivity (Wildman–Crippen MR) is 85.1 cm³/mol. The van der Waals surface area contributed by atoms with Crippen molar-refractivity contribution in [2.45, 2.75) is 25.9 Å². The van der Waals surface area contributed by atoms with E-state index in [-0.39, 0.29) is 10.6 Å². The van der Waals surface area contributed by atoms with E-state index in [4.69, 9.17) is 0 Å². The number of hydrogen-bond acceptors (Lipinski definition) is 4. The van der Waals surface area contributed by atoms with Crippen molar-refractivity contribution in [3.05, 3.63) is 60.7 Å². The van der Waals surface area contributed by atoms with E-state index >= 15 is 0 Å². The maximum atomic E-state index is 10.7. The molecule has 0 radical (unpaired) electrons. The van der Waals surface area contributed by atoms with E-state index in [9.17, 15) is 10.1 Å². The van der Waals surface area contributed by atoms with Gasteiger partial charge in [0.2, 0.25) is 0 Å². The SMILES string of the molecule is CC(Cc1ccsc1)NCc1ccc([N+](=O)[O-])cc1Br. The van der Waals surface area contributed by atoms with Crippen LogP contribution >= 0.6 is 27.3 Å². The Hall–Kier alpha value is -1.24. The number of non-ortho nitro benzene ring substituents is 1. The van der Waals surface area contributed by atoms with E-state index in [0.717, 1.165) is 16.5 Å². The molecule has 4 nitrogen and oxygen atoms in total. The summed E-state index contributed by atoms with van der Waals surface area (Å²) in [6.07, 6.45) is 0.980. The zero-order valence-corrected chi connectivity index (χ0v) is 13.4. The molecule has 0 saturated heterocycles. The molecule has 1 unspecified atom stereocenters. The van der Waals surface area contributed by atoms with Gasteiger partial charge in [0.1, 0.15) is 0 Å². The summed E-state index contributed by atoms with van der Waals surface area (Å²) in [6, 6.07) is 7.34. The molecule has 0 aliphatic rings. The molecule has 2 rings (SSSR count). The Labute approximate surface area is 130 Å². The number of rotatable bonds is 6. The fourth-order valence-corrected chi connectivity index (χ4v) is 3.10. The van der Waals surface area contributed by atoms with Gasteiger partial charge in [0, 0.05) is 29.2 Å². The van der Waals surface area contributed by atoms with Crippen molar-refractivity contribution in [3.8, 4) is 0 Å². The quantitative estimate of drug-likeness (QED) is 0.626. The minimum absolute atomic E-state index is 0.104. The van der Waals surface area contributed by atoms with Crippen molar-refractivity contribution in [3.63, 3.8) is 0 Å². The second-order valence-electron chi connectivity index (χ2n) is 4.65. The molecule has 0 saturated carbocycles. The maximum absolute atomic E-state index is 10.7. The molecule has 6 heteroatoms. The van der Waals surface area contributed by atoms with Crippen LogP contribution in [0.3, 0.4) is 0 Å². The topological polar surface area (TPSA) is 55.2 Å². The van der Waals surface area contributed by atoms with Crippen LogP contribution in [-0.4, -0.2) is 11.0 Å². The van der Waals surface area contributed by atoms with Crippen molar-refractivity contribution in [2.75, 3.05) is 0 Å². The summed E-state index contributed by atoms with van der Waals surface area (Å²) in [7, 11) is 0. The van der Waals surface area contributed by atoms with Crippen LogP contribution in [0, 0.1) is 10.1 Å². The summed E-state index contributed by atoms with van der Waals surface area (Å²) in [5, 5.41) is 18.3. The van der Waals surface area contributed by atoms with Gasteiger partial charge in [-0.25, -0.2) is 0 Å². The Balaban J connectivity index is 1.92. The van der Waals surface area contributed by atoms with E-state index in [1.165, 1.54) is 11.6 Å². The zero-order chi connectivity index (χ0) is 14.5. The van der Waals surface area contributed by atoms with Gasteiger partial charge in [0.05, 0.1) is 4.92 Å². The van der Waals surface area contributed by atoms with Crippen LogP contribution in [0.25, 0.3) is 0 Å². The molecule has 0 amide bonds. The molecule has 106 valence electrons. The van der Waals surface area contributed by atoms with Gasteiger partial charge in [0.25, 0.3) is 5.69 Å². The third-order valence-electron chi connectivity index (χ3n) is 3.01. The van der Waals surface area contributed by atoms with Gasteiger partial charge in [-0.2, -0.15) is 11.3 Å². The lowest BCUT2D eigenvalue weighted by Crippen LogP contribution is -2.27. The fourth-order valence-electron chi connectivity index (χ4n) is 1.91. The number of nitro groups is 1. The number of hydrogen-bond donors (Lipinski definition) is 1. The van der Waals surface area contributed by atoms with Gasteiger partial charge < -0.3 is 5.32 Å². The third kappa shape index (κ3) is 4.13. The second kappa shape index (κ2) is 6.97. The van der Waals surface area contributed by atoms with Crippen molar-refractivity contribution in [1.29, 1.82) is 0 Å².